The van der Waals surface area contributed by atoms with Gasteiger partial charge in [0, 0.05) is 24.9 Å². The third-order valence-corrected chi connectivity index (χ3v) is 3.40. The zero-order valence-corrected chi connectivity index (χ0v) is 9.87. The second-order valence-electron chi connectivity index (χ2n) is 3.61. The molecule has 0 bridgehead atoms. The van der Waals surface area contributed by atoms with Gasteiger partial charge in [-0.1, -0.05) is 0 Å². The lowest BCUT2D eigenvalue weighted by Gasteiger charge is -2.04. The van der Waals surface area contributed by atoms with Crippen LogP contribution in [0.5, 0.6) is 0 Å². The first-order valence-corrected chi connectivity index (χ1v) is 6.21. The van der Waals surface area contributed by atoms with E-state index < -0.39 is 0 Å². The van der Waals surface area contributed by atoms with E-state index in [9.17, 15) is 0 Å². The first-order valence-electron chi connectivity index (χ1n) is 5.33. The third kappa shape index (κ3) is 2.12. The number of H-pyrrole nitrogens is 1. The summed E-state index contributed by atoms with van der Waals surface area (Å²) in [4.78, 5) is 15.5. The molecule has 17 heavy (non-hydrogen) atoms. The van der Waals surface area contributed by atoms with Crippen molar-refractivity contribution in [3.63, 3.8) is 0 Å². The second-order valence-corrected chi connectivity index (χ2v) is 4.53. The van der Waals surface area contributed by atoms with Crippen molar-refractivity contribution in [2.24, 2.45) is 0 Å². The molecule has 6 heteroatoms. The molecule has 0 aliphatic carbocycles. The van der Waals surface area contributed by atoms with E-state index in [1.807, 2.05) is 17.6 Å². The van der Waals surface area contributed by atoms with Crippen LogP contribution in [0.4, 0.5) is 5.82 Å². The number of thiophene rings is 1. The van der Waals surface area contributed by atoms with Crippen molar-refractivity contribution >= 4 is 27.4 Å². The fraction of sp³-hybridized carbons (Fsp3) is 0.182. The summed E-state index contributed by atoms with van der Waals surface area (Å²) >= 11 is 1.65. The van der Waals surface area contributed by atoms with Gasteiger partial charge in [-0.15, -0.1) is 11.3 Å². The van der Waals surface area contributed by atoms with E-state index in [1.54, 1.807) is 24.0 Å². The second kappa shape index (κ2) is 4.50. The molecule has 0 unspecified atom stereocenters. The molecule has 0 saturated carbocycles. The van der Waals surface area contributed by atoms with Crippen LogP contribution in [-0.4, -0.2) is 26.5 Å². The number of imidazole rings is 1. The average Bonchev–Trinajstić information content (AvgIpc) is 2.99. The summed E-state index contributed by atoms with van der Waals surface area (Å²) in [6.07, 6.45) is 6.02. The van der Waals surface area contributed by atoms with Gasteiger partial charge in [0.2, 0.25) is 0 Å². The van der Waals surface area contributed by atoms with Crippen molar-refractivity contribution in [2.45, 2.75) is 6.42 Å². The van der Waals surface area contributed by atoms with E-state index in [4.69, 9.17) is 0 Å². The van der Waals surface area contributed by atoms with E-state index >= 15 is 0 Å². The summed E-state index contributed by atoms with van der Waals surface area (Å²) < 4.78 is 1.11. The van der Waals surface area contributed by atoms with Crippen molar-refractivity contribution < 1.29 is 0 Å². The van der Waals surface area contributed by atoms with Crippen LogP contribution in [0.1, 0.15) is 5.69 Å². The van der Waals surface area contributed by atoms with Gasteiger partial charge in [0.1, 0.15) is 12.1 Å². The minimum Gasteiger partial charge on any atom is -0.368 e. The Labute approximate surface area is 102 Å². The van der Waals surface area contributed by atoms with Crippen molar-refractivity contribution in [3.05, 3.63) is 36.0 Å². The summed E-state index contributed by atoms with van der Waals surface area (Å²) in [5.41, 5.74) is 2.11. The lowest BCUT2D eigenvalue weighted by molar-refractivity contribution is 0.969. The molecule has 0 aliphatic rings. The Bertz CT molecular complexity index is 601. The topological polar surface area (TPSA) is 66.5 Å². The quantitative estimate of drug-likeness (QED) is 0.738. The normalized spacial score (nSPS) is 10.8. The van der Waals surface area contributed by atoms with Crippen LogP contribution in [0.15, 0.2) is 30.3 Å². The van der Waals surface area contributed by atoms with Gasteiger partial charge in [0.05, 0.1) is 16.5 Å². The molecule has 2 N–H and O–H groups in total. The molecule has 3 heterocycles. The summed E-state index contributed by atoms with van der Waals surface area (Å²) in [6, 6.07) is 2.00. The predicted octanol–water partition coefficient (Wildman–Crippen LogP) is 2.07. The molecule has 3 rings (SSSR count). The number of anilines is 1. The number of aromatic amines is 1. The number of nitrogens with one attached hydrogen (secondary N) is 2. The molecular formula is C11H11N5S. The zero-order chi connectivity index (χ0) is 11.5. The molecule has 0 spiro atoms. The van der Waals surface area contributed by atoms with Crippen molar-refractivity contribution in [1.29, 1.82) is 0 Å². The minimum absolute atomic E-state index is 0.826. The summed E-state index contributed by atoms with van der Waals surface area (Å²) in [5.74, 6) is 0.907. The Kier molecular flexibility index (Phi) is 2.71. The van der Waals surface area contributed by atoms with Gasteiger partial charge in [-0.2, -0.15) is 0 Å². The van der Waals surface area contributed by atoms with Crippen LogP contribution >= 0.6 is 11.3 Å². The highest BCUT2D eigenvalue weighted by Gasteiger charge is 2.03. The molecule has 3 aromatic rings. The molecular weight excluding hydrogens is 234 g/mol. The van der Waals surface area contributed by atoms with Gasteiger partial charge in [-0.25, -0.2) is 15.0 Å². The molecule has 5 nitrogen and oxygen atoms in total. The Balaban J connectivity index is 1.70. The van der Waals surface area contributed by atoms with E-state index in [2.05, 4.69) is 25.3 Å². The highest BCUT2D eigenvalue weighted by Crippen LogP contribution is 2.24. The Morgan fingerprint density at radius 2 is 2.35 bits per heavy atom. The minimum atomic E-state index is 0.826. The number of rotatable bonds is 4. The molecule has 0 aromatic carbocycles. The van der Waals surface area contributed by atoms with Crippen LogP contribution < -0.4 is 5.32 Å². The maximum atomic E-state index is 4.26. The summed E-state index contributed by atoms with van der Waals surface area (Å²) in [5, 5.41) is 5.35. The Morgan fingerprint density at radius 1 is 1.35 bits per heavy atom. The number of aromatic nitrogens is 4. The van der Waals surface area contributed by atoms with E-state index in [-0.39, 0.29) is 0 Å². The molecule has 86 valence electrons. The Hall–Kier alpha value is -1.95. The van der Waals surface area contributed by atoms with E-state index in [0.717, 1.165) is 34.7 Å². The molecule has 0 atom stereocenters. The fourth-order valence-electron chi connectivity index (χ4n) is 1.65. The van der Waals surface area contributed by atoms with Crippen molar-refractivity contribution in [2.75, 3.05) is 11.9 Å². The van der Waals surface area contributed by atoms with Gasteiger partial charge in [0.15, 0.2) is 0 Å². The average molecular weight is 245 g/mol. The van der Waals surface area contributed by atoms with Gasteiger partial charge in [-0.3, -0.25) is 0 Å². The van der Waals surface area contributed by atoms with Crippen molar-refractivity contribution in [1.82, 2.24) is 19.9 Å². The molecule has 0 amide bonds. The molecule has 0 saturated heterocycles. The van der Waals surface area contributed by atoms with Gasteiger partial charge in [-0.05, 0) is 11.4 Å². The lowest BCUT2D eigenvalue weighted by atomic mass is 10.3. The third-order valence-electron chi connectivity index (χ3n) is 2.48. The molecule has 0 aliphatic heterocycles. The van der Waals surface area contributed by atoms with Crippen LogP contribution in [0.25, 0.3) is 10.2 Å². The molecule has 0 radical (unpaired) electrons. The van der Waals surface area contributed by atoms with Crippen LogP contribution in [0.3, 0.4) is 0 Å². The SMILES string of the molecule is c1nc(NCCc2cnc[nH]2)c2sccc2n1. The number of hydrogen-bond donors (Lipinski definition) is 2. The predicted molar refractivity (Wildman–Crippen MR) is 68.2 cm³/mol. The largest absolute Gasteiger partial charge is 0.368 e. The summed E-state index contributed by atoms with van der Waals surface area (Å²) in [6.45, 7) is 0.826. The van der Waals surface area contributed by atoms with Crippen LogP contribution in [-0.2, 0) is 6.42 Å². The standard InChI is InChI=1S/C11H11N5S/c1(8-5-12-6-14-8)3-13-11-10-9(2-4-17-10)15-7-16-11/h2,4-7H,1,3H2,(H,12,14)(H,13,15,16). The maximum Gasteiger partial charge on any atom is 0.147 e. The first-order chi connectivity index (χ1) is 8.43. The number of nitrogens with zero attached hydrogens (tertiary/aromatic N) is 3. The van der Waals surface area contributed by atoms with E-state index in [1.165, 1.54) is 0 Å². The maximum absolute atomic E-state index is 4.26. The van der Waals surface area contributed by atoms with Gasteiger partial charge >= 0.3 is 0 Å². The van der Waals surface area contributed by atoms with Crippen LogP contribution in [0.2, 0.25) is 0 Å². The molecule has 3 aromatic heterocycles. The van der Waals surface area contributed by atoms with Crippen molar-refractivity contribution in [3.8, 4) is 0 Å². The zero-order valence-electron chi connectivity index (χ0n) is 9.05. The van der Waals surface area contributed by atoms with Gasteiger partial charge < -0.3 is 10.3 Å². The van der Waals surface area contributed by atoms with E-state index in [0.29, 0.717) is 0 Å². The highest BCUT2D eigenvalue weighted by atomic mass is 32.1. The Morgan fingerprint density at radius 3 is 3.24 bits per heavy atom. The monoisotopic (exact) mass is 245 g/mol. The smallest absolute Gasteiger partial charge is 0.147 e. The molecule has 0 fully saturated rings. The lowest BCUT2D eigenvalue weighted by Crippen LogP contribution is -2.06. The number of fused-ring (bicyclic) bond motifs is 1. The summed E-state index contributed by atoms with van der Waals surface area (Å²) in [7, 11) is 0. The van der Waals surface area contributed by atoms with Gasteiger partial charge in [0.25, 0.3) is 0 Å². The highest BCUT2D eigenvalue weighted by molar-refractivity contribution is 7.17. The number of hydrogen-bond acceptors (Lipinski definition) is 5. The van der Waals surface area contributed by atoms with Crippen LogP contribution in [0, 0.1) is 0 Å². The fourth-order valence-corrected chi connectivity index (χ4v) is 2.46. The first kappa shape index (κ1) is 10.2.